The molecule has 2 heteroatoms. The number of hydrogen-bond donors (Lipinski definition) is 2. The molecular weight excluding hydrogens is 162 g/mol. The van der Waals surface area contributed by atoms with Crippen molar-refractivity contribution in [3.05, 3.63) is 0 Å². The van der Waals surface area contributed by atoms with E-state index in [0.717, 1.165) is 12.8 Å². The Morgan fingerprint density at radius 3 is 2.08 bits per heavy atom. The Balaban J connectivity index is 3.86. The first-order chi connectivity index (χ1) is 5.83. The van der Waals surface area contributed by atoms with Crippen molar-refractivity contribution in [1.82, 2.24) is 5.32 Å². The van der Waals surface area contributed by atoms with Gasteiger partial charge in [0.15, 0.2) is 0 Å². The van der Waals surface area contributed by atoms with Gasteiger partial charge in [0.25, 0.3) is 0 Å². The summed E-state index contributed by atoms with van der Waals surface area (Å²) in [4.78, 5) is 0. The van der Waals surface area contributed by atoms with Gasteiger partial charge < -0.3 is 10.4 Å². The summed E-state index contributed by atoms with van der Waals surface area (Å²) in [5.41, 5.74) is -0.418. The second-order valence-electron chi connectivity index (χ2n) is 4.84. The molecule has 80 valence electrons. The molecule has 13 heavy (non-hydrogen) atoms. The van der Waals surface area contributed by atoms with Crippen LogP contribution in [-0.2, 0) is 0 Å². The molecule has 0 saturated heterocycles. The summed E-state index contributed by atoms with van der Waals surface area (Å²) < 4.78 is 0. The molecule has 0 rings (SSSR count). The molecule has 0 aromatic carbocycles. The number of nitrogens with one attached hydrogen (secondary N) is 1. The van der Waals surface area contributed by atoms with Crippen LogP contribution in [-0.4, -0.2) is 22.8 Å². The molecule has 0 saturated carbocycles. The van der Waals surface area contributed by atoms with Gasteiger partial charge in [-0.05, 0) is 33.6 Å². The van der Waals surface area contributed by atoms with E-state index in [1.165, 1.54) is 6.42 Å². The highest BCUT2D eigenvalue weighted by molar-refractivity contribution is 4.82. The van der Waals surface area contributed by atoms with Gasteiger partial charge in [0.2, 0.25) is 0 Å². The minimum atomic E-state index is -0.564. The molecule has 1 unspecified atom stereocenters. The molecule has 0 bridgehead atoms. The summed E-state index contributed by atoms with van der Waals surface area (Å²) in [7, 11) is 0. The highest BCUT2D eigenvalue weighted by atomic mass is 16.3. The SMILES string of the molecule is CCCC(C)(C)NCC(C)(O)CC. The van der Waals surface area contributed by atoms with E-state index in [4.69, 9.17) is 0 Å². The lowest BCUT2D eigenvalue weighted by Gasteiger charge is -2.31. The molecule has 0 aromatic rings. The van der Waals surface area contributed by atoms with E-state index < -0.39 is 5.60 Å². The van der Waals surface area contributed by atoms with Crippen LogP contribution in [0.3, 0.4) is 0 Å². The lowest BCUT2D eigenvalue weighted by atomic mass is 9.96. The van der Waals surface area contributed by atoms with E-state index in [9.17, 15) is 5.11 Å². The van der Waals surface area contributed by atoms with Crippen molar-refractivity contribution in [2.75, 3.05) is 6.54 Å². The molecule has 0 fully saturated rings. The predicted molar refractivity (Wildman–Crippen MR) is 57.9 cm³/mol. The first-order valence-electron chi connectivity index (χ1n) is 5.30. The maximum absolute atomic E-state index is 9.79. The summed E-state index contributed by atoms with van der Waals surface area (Å²) in [6, 6.07) is 0. The Morgan fingerprint density at radius 2 is 1.69 bits per heavy atom. The van der Waals surface area contributed by atoms with Crippen LogP contribution < -0.4 is 5.32 Å². The Morgan fingerprint density at radius 1 is 1.15 bits per heavy atom. The van der Waals surface area contributed by atoms with Crippen LogP contribution in [0.5, 0.6) is 0 Å². The molecule has 2 N–H and O–H groups in total. The maximum atomic E-state index is 9.79. The van der Waals surface area contributed by atoms with E-state index in [0.29, 0.717) is 6.54 Å². The third kappa shape index (κ3) is 6.05. The minimum absolute atomic E-state index is 0.147. The fourth-order valence-electron chi connectivity index (χ4n) is 1.27. The largest absolute Gasteiger partial charge is 0.389 e. The minimum Gasteiger partial charge on any atom is -0.389 e. The fourth-order valence-corrected chi connectivity index (χ4v) is 1.27. The van der Waals surface area contributed by atoms with Crippen LogP contribution >= 0.6 is 0 Å². The standard InChI is InChI=1S/C11H25NO/c1-6-8-10(3,4)12-9-11(5,13)7-2/h12-13H,6-9H2,1-5H3. The Hall–Kier alpha value is -0.0800. The maximum Gasteiger partial charge on any atom is 0.0741 e. The fraction of sp³-hybridized carbons (Fsp3) is 1.00. The Kier molecular flexibility index (Phi) is 4.93. The number of aliphatic hydroxyl groups is 1. The summed E-state index contributed by atoms with van der Waals surface area (Å²) in [6.07, 6.45) is 3.11. The average molecular weight is 187 g/mol. The quantitative estimate of drug-likeness (QED) is 0.669. The first-order valence-corrected chi connectivity index (χ1v) is 5.30. The molecule has 0 heterocycles. The van der Waals surface area contributed by atoms with Gasteiger partial charge in [0.1, 0.15) is 0 Å². The van der Waals surface area contributed by atoms with Gasteiger partial charge in [0.05, 0.1) is 5.60 Å². The lowest BCUT2D eigenvalue weighted by Crippen LogP contribution is -2.47. The first kappa shape index (κ1) is 12.9. The topological polar surface area (TPSA) is 32.3 Å². The van der Waals surface area contributed by atoms with E-state index in [-0.39, 0.29) is 5.54 Å². The molecule has 0 aliphatic heterocycles. The van der Waals surface area contributed by atoms with Crippen molar-refractivity contribution in [2.24, 2.45) is 0 Å². The normalized spacial score (nSPS) is 17.1. The lowest BCUT2D eigenvalue weighted by molar-refractivity contribution is 0.0476. The third-order valence-corrected chi connectivity index (χ3v) is 2.58. The van der Waals surface area contributed by atoms with Crippen LogP contribution in [0.25, 0.3) is 0 Å². The molecule has 0 amide bonds. The summed E-state index contributed by atoms with van der Waals surface area (Å²) in [5, 5.41) is 13.2. The highest BCUT2D eigenvalue weighted by Gasteiger charge is 2.22. The summed E-state index contributed by atoms with van der Waals surface area (Å²) in [6.45, 7) is 11.1. The van der Waals surface area contributed by atoms with Crippen molar-refractivity contribution in [3.63, 3.8) is 0 Å². The zero-order valence-electron chi connectivity index (χ0n) is 9.78. The van der Waals surface area contributed by atoms with E-state index >= 15 is 0 Å². The average Bonchev–Trinajstić information content (AvgIpc) is 2.02. The van der Waals surface area contributed by atoms with Crippen LogP contribution in [0.4, 0.5) is 0 Å². The molecule has 0 spiro atoms. The molecule has 0 aromatic heterocycles. The van der Waals surface area contributed by atoms with E-state index in [1.54, 1.807) is 0 Å². The molecular formula is C11H25NO. The van der Waals surface area contributed by atoms with Crippen LogP contribution in [0.2, 0.25) is 0 Å². The Bertz CT molecular complexity index is 141. The van der Waals surface area contributed by atoms with E-state index in [1.807, 2.05) is 13.8 Å². The van der Waals surface area contributed by atoms with Gasteiger partial charge in [-0.2, -0.15) is 0 Å². The monoisotopic (exact) mass is 187 g/mol. The van der Waals surface area contributed by atoms with Crippen molar-refractivity contribution in [3.8, 4) is 0 Å². The summed E-state index contributed by atoms with van der Waals surface area (Å²) >= 11 is 0. The van der Waals surface area contributed by atoms with Gasteiger partial charge in [-0.25, -0.2) is 0 Å². The zero-order valence-corrected chi connectivity index (χ0v) is 9.78. The van der Waals surface area contributed by atoms with Crippen LogP contribution in [0.1, 0.15) is 53.9 Å². The molecule has 0 aliphatic carbocycles. The number of β-amino-alcohol motifs (C(OH)–C–C–N with tert-alkyl or cyclic N) is 1. The highest BCUT2D eigenvalue weighted by Crippen LogP contribution is 2.13. The van der Waals surface area contributed by atoms with Crippen molar-refractivity contribution >= 4 is 0 Å². The molecule has 2 nitrogen and oxygen atoms in total. The Labute approximate surface area is 82.7 Å². The van der Waals surface area contributed by atoms with Gasteiger partial charge in [0, 0.05) is 12.1 Å². The van der Waals surface area contributed by atoms with Gasteiger partial charge in [-0.15, -0.1) is 0 Å². The molecule has 0 radical (unpaired) electrons. The smallest absolute Gasteiger partial charge is 0.0741 e. The zero-order chi connectivity index (χ0) is 10.5. The third-order valence-electron chi connectivity index (χ3n) is 2.58. The predicted octanol–water partition coefficient (Wildman–Crippen LogP) is 2.32. The van der Waals surface area contributed by atoms with Gasteiger partial charge >= 0.3 is 0 Å². The number of rotatable bonds is 6. The van der Waals surface area contributed by atoms with E-state index in [2.05, 4.69) is 26.1 Å². The molecule has 1 atom stereocenters. The van der Waals surface area contributed by atoms with Gasteiger partial charge in [-0.3, -0.25) is 0 Å². The van der Waals surface area contributed by atoms with Crippen molar-refractivity contribution in [1.29, 1.82) is 0 Å². The number of hydrogen-bond acceptors (Lipinski definition) is 2. The molecule has 0 aliphatic rings. The van der Waals surface area contributed by atoms with Gasteiger partial charge in [-0.1, -0.05) is 20.3 Å². The van der Waals surface area contributed by atoms with Crippen LogP contribution in [0.15, 0.2) is 0 Å². The second-order valence-corrected chi connectivity index (χ2v) is 4.84. The van der Waals surface area contributed by atoms with Crippen molar-refractivity contribution in [2.45, 2.75) is 65.0 Å². The summed E-state index contributed by atoms with van der Waals surface area (Å²) in [5.74, 6) is 0. The second kappa shape index (κ2) is 4.97. The van der Waals surface area contributed by atoms with Crippen LogP contribution in [0, 0.1) is 0 Å². The van der Waals surface area contributed by atoms with Crippen molar-refractivity contribution < 1.29 is 5.11 Å².